The fourth-order valence-electron chi connectivity index (χ4n) is 3.43. The highest BCUT2D eigenvalue weighted by atomic mass is 16.5. The van der Waals surface area contributed by atoms with Gasteiger partial charge in [-0.1, -0.05) is 30.3 Å². The lowest BCUT2D eigenvalue weighted by Gasteiger charge is -2.37. The molecule has 0 bridgehead atoms. The maximum Gasteiger partial charge on any atom is 0.234 e. The first kappa shape index (κ1) is 13.3. The van der Waals surface area contributed by atoms with Crippen molar-refractivity contribution in [3.63, 3.8) is 0 Å². The normalized spacial score (nSPS) is 28.2. The van der Waals surface area contributed by atoms with Gasteiger partial charge >= 0.3 is 0 Å². The topological polar surface area (TPSA) is 55.4 Å². The largest absolute Gasteiger partial charge is 0.381 e. The molecule has 2 amide bonds. The summed E-state index contributed by atoms with van der Waals surface area (Å²) in [6.45, 7) is 1.47. The lowest BCUT2D eigenvalue weighted by atomic mass is 9.71. The second kappa shape index (κ2) is 5.75. The smallest absolute Gasteiger partial charge is 0.234 e. The molecule has 106 valence electrons. The van der Waals surface area contributed by atoms with Crippen LogP contribution in [-0.2, 0) is 14.3 Å². The van der Waals surface area contributed by atoms with Crippen molar-refractivity contribution in [2.45, 2.75) is 25.2 Å². The Bertz CT molecular complexity index is 494. The minimum atomic E-state index is -0.211. The number of amides is 2. The number of benzene rings is 1. The van der Waals surface area contributed by atoms with Gasteiger partial charge in [-0.05, 0) is 30.2 Å². The van der Waals surface area contributed by atoms with Crippen molar-refractivity contribution in [1.82, 2.24) is 5.32 Å². The van der Waals surface area contributed by atoms with Gasteiger partial charge < -0.3 is 4.74 Å². The molecular formula is C16H19NO3. The maximum absolute atomic E-state index is 12.3. The van der Waals surface area contributed by atoms with E-state index in [2.05, 4.69) is 5.32 Å². The summed E-state index contributed by atoms with van der Waals surface area (Å²) in [7, 11) is 0. The SMILES string of the molecule is O=C1CC(C2CCOCC2)C(c2ccccc2)C(=O)N1. The Morgan fingerprint density at radius 3 is 2.45 bits per heavy atom. The van der Waals surface area contributed by atoms with E-state index in [-0.39, 0.29) is 23.7 Å². The number of hydrogen-bond donors (Lipinski definition) is 1. The van der Waals surface area contributed by atoms with Crippen LogP contribution in [0.15, 0.2) is 30.3 Å². The summed E-state index contributed by atoms with van der Waals surface area (Å²) in [4.78, 5) is 24.0. The van der Waals surface area contributed by atoms with Crippen molar-refractivity contribution in [3.8, 4) is 0 Å². The van der Waals surface area contributed by atoms with Gasteiger partial charge in [0.25, 0.3) is 0 Å². The summed E-state index contributed by atoms with van der Waals surface area (Å²) in [5, 5.41) is 2.49. The molecule has 0 saturated carbocycles. The van der Waals surface area contributed by atoms with Crippen LogP contribution in [0.3, 0.4) is 0 Å². The van der Waals surface area contributed by atoms with E-state index in [4.69, 9.17) is 4.74 Å². The number of carbonyl (C=O) groups excluding carboxylic acids is 2. The zero-order valence-electron chi connectivity index (χ0n) is 11.4. The fourth-order valence-corrected chi connectivity index (χ4v) is 3.43. The monoisotopic (exact) mass is 273 g/mol. The van der Waals surface area contributed by atoms with Gasteiger partial charge in [0, 0.05) is 19.6 Å². The molecule has 1 aromatic rings. The Kier molecular flexibility index (Phi) is 3.83. The van der Waals surface area contributed by atoms with E-state index in [1.165, 1.54) is 0 Å². The van der Waals surface area contributed by atoms with E-state index >= 15 is 0 Å². The number of ether oxygens (including phenoxy) is 1. The van der Waals surface area contributed by atoms with E-state index in [1.807, 2.05) is 30.3 Å². The van der Waals surface area contributed by atoms with Gasteiger partial charge in [0.15, 0.2) is 0 Å². The molecule has 0 radical (unpaired) electrons. The molecule has 3 rings (SSSR count). The maximum atomic E-state index is 12.3. The number of hydrogen-bond acceptors (Lipinski definition) is 3. The predicted octanol–water partition coefficient (Wildman–Crippen LogP) is 1.86. The van der Waals surface area contributed by atoms with Gasteiger partial charge in [-0.3, -0.25) is 14.9 Å². The summed E-state index contributed by atoms with van der Waals surface area (Å²) in [6, 6.07) is 9.79. The highest BCUT2D eigenvalue weighted by Crippen LogP contribution is 2.39. The summed E-state index contributed by atoms with van der Waals surface area (Å²) in [6.07, 6.45) is 2.32. The van der Waals surface area contributed by atoms with Crippen LogP contribution >= 0.6 is 0 Å². The zero-order chi connectivity index (χ0) is 13.9. The second-order valence-electron chi connectivity index (χ2n) is 5.62. The third-order valence-corrected chi connectivity index (χ3v) is 4.42. The third kappa shape index (κ3) is 2.61. The Morgan fingerprint density at radius 2 is 1.75 bits per heavy atom. The highest BCUT2D eigenvalue weighted by Gasteiger charge is 2.41. The molecule has 0 spiro atoms. The van der Waals surface area contributed by atoms with Gasteiger partial charge in [0.1, 0.15) is 0 Å². The number of rotatable bonds is 2. The summed E-state index contributed by atoms with van der Waals surface area (Å²) in [5.41, 5.74) is 1.01. The van der Waals surface area contributed by atoms with Crippen LogP contribution in [0.5, 0.6) is 0 Å². The first-order valence-corrected chi connectivity index (χ1v) is 7.22. The molecule has 2 unspecified atom stereocenters. The summed E-state index contributed by atoms with van der Waals surface area (Å²) in [5.74, 6) is -0.00822. The summed E-state index contributed by atoms with van der Waals surface area (Å²) >= 11 is 0. The number of carbonyl (C=O) groups is 2. The standard InChI is InChI=1S/C16H19NO3/c18-14-10-13(11-6-8-20-9-7-11)15(16(19)17-14)12-4-2-1-3-5-12/h1-5,11,13,15H,6-10H2,(H,17,18,19). The predicted molar refractivity (Wildman–Crippen MR) is 74.0 cm³/mol. The lowest BCUT2D eigenvalue weighted by Crippen LogP contribution is -2.47. The van der Waals surface area contributed by atoms with Crippen LogP contribution in [0, 0.1) is 11.8 Å². The van der Waals surface area contributed by atoms with Crippen LogP contribution in [-0.4, -0.2) is 25.0 Å². The lowest BCUT2D eigenvalue weighted by molar-refractivity contribution is -0.138. The fraction of sp³-hybridized carbons (Fsp3) is 0.500. The first-order chi connectivity index (χ1) is 9.75. The molecule has 2 heterocycles. The molecule has 2 saturated heterocycles. The van der Waals surface area contributed by atoms with Crippen LogP contribution < -0.4 is 5.32 Å². The number of piperidine rings is 1. The van der Waals surface area contributed by atoms with E-state index in [9.17, 15) is 9.59 Å². The Balaban J connectivity index is 1.89. The highest BCUT2D eigenvalue weighted by molar-refractivity contribution is 6.01. The van der Waals surface area contributed by atoms with E-state index in [0.29, 0.717) is 12.3 Å². The summed E-state index contributed by atoms with van der Waals surface area (Å²) < 4.78 is 5.40. The van der Waals surface area contributed by atoms with Gasteiger partial charge in [0.05, 0.1) is 5.92 Å². The number of nitrogens with one attached hydrogen (secondary N) is 1. The average molecular weight is 273 g/mol. The van der Waals surface area contributed by atoms with Crippen molar-refractivity contribution in [1.29, 1.82) is 0 Å². The molecule has 0 aromatic heterocycles. The molecule has 2 aliphatic rings. The molecule has 4 heteroatoms. The van der Waals surface area contributed by atoms with Crippen molar-refractivity contribution >= 4 is 11.8 Å². The quantitative estimate of drug-likeness (QED) is 0.837. The molecule has 2 aliphatic heterocycles. The van der Waals surface area contributed by atoms with Crippen molar-refractivity contribution in [2.75, 3.05) is 13.2 Å². The molecule has 0 aliphatic carbocycles. The van der Waals surface area contributed by atoms with Gasteiger partial charge in [0.2, 0.25) is 11.8 Å². The van der Waals surface area contributed by atoms with Crippen molar-refractivity contribution in [2.24, 2.45) is 11.8 Å². The van der Waals surface area contributed by atoms with E-state index < -0.39 is 0 Å². The Labute approximate surface area is 118 Å². The molecule has 1 aromatic carbocycles. The molecule has 2 fully saturated rings. The Hall–Kier alpha value is -1.68. The molecule has 20 heavy (non-hydrogen) atoms. The van der Waals surface area contributed by atoms with E-state index in [0.717, 1.165) is 31.6 Å². The minimum absolute atomic E-state index is 0.0996. The Morgan fingerprint density at radius 1 is 1.05 bits per heavy atom. The molecular weight excluding hydrogens is 254 g/mol. The van der Waals surface area contributed by atoms with Gasteiger partial charge in [-0.15, -0.1) is 0 Å². The van der Waals surface area contributed by atoms with Crippen molar-refractivity contribution < 1.29 is 14.3 Å². The van der Waals surface area contributed by atoms with Gasteiger partial charge in [-0.25, -0.2) is 0 Å². The first-order valence-electron chi connectivity index (χ1n) is 7.22. The molecule has 4 nitrogen and oxygen atoms in total. The van der Waals surface area contributed by atoms with Crippen molar-refractivity contribution in [3.05, 3.63) is 35.9 Å². The van der Waals surface area contributed by atoms with Crippen LogP contribution in [0.2, 0.25) is 0 Å². The van der Waals surface area contributed by atoms with Crippen LogP contribution in [0.4, 0.5) is 0 Å². The second-order valence-corrected chi connectivity index (χ2v) is 5.62. The molecule has 1 N–H and O–H groups in total. The zero-order valence-corrected chi connectivity index (χ0v) is 11.4. The van der Waals surface area contributed by atoms with Gasteiger partial charge in [-0.2, -0.15) is 0 Å². The van der Waals surface area contributed by atoms with Crippen LogP contribution in [0.1, 0.15) is 30.7 Å². The third-order valence-electron chi connectivity index (χ3n) is 4.42. The number of imide groups is 1. The average Bonchev–Trinajstić information content (AvgIpc) is 2.48. The minimum Gasteiger partial charge on any atom is -0.381 e. The molecule has 2 atom stereocenters. The van der Waals surface area contributed by atoms with Crippen LogP contribution in [0.25, 0.3) is 0 Å². The van der Waals surface area contributed by atoms with E-state index in [1.54, 1.807) is 0 Å².